The lowest BCUT2D eigenvalue weighted by Gasteiger charge is -2.24. The number of fused-ring (bicyclic) bond motifs is 1. The molecule has 0 amide bonds. The number of halogens is 2. The van der Waals surface area contributed by atoms with Gasteiger partial charge in [0.25, 0.3) is 0 Å². The van der Waals surface area contributed by atoms with E-state index in [1.807, 2.05) is 30.3 Å². The molecular formula is C21H24ClFN4. The molecule has 142 valence electrons. The third-order valence-electron chi connectivity index (χ3n) is 4.94. The van der Waals surface area contributed by atoms with Gasteiger partial charge in [-0.3, -0.25) is 0 Å². The fraction of sp³-hybridized carbons (Fsp3) is 0.333. The molecule has 27 heavy (non-hydrogen) atoms. The largest absolute Gasteiger partial charge is 0.367 e. The van der Waals surface area contributed by atoms with Gasteiger partial charge < -0.3 is 10.6 Å². The Morgan fingerprint density at radius 1 is 0.926 bits per heavy atom. The average molecular weight is 387 g/mol. The molecule has 6 heteroatoms. The predicted octanol–water partition coefficient (Wildman–Crippen LogP) is 5.55. The summed E-state index contributed by atoms with van der Waals surface area (Å²) in [6.07, 6.45) is 6.20. The van der Waals surface area contributed by atoms with Gasteiger partial charge in [-0.05, 0) is 31.0 Å². The fourth-order valence-electron chi connectivity index (χ4n) is 3.52. The number of hydrogen-bond acceptors (Lipinski definition) is 4. The number of anilines is 2. The predicted molar refractivity (Wildman–Crippen MR) is 111 cm³/mol. The summed E-state index contributed by atoms with van der Waals surface area (Å²) in [6, 6.07) is 15.2. The van der Waals surface area contributed by atoms with Crippen LogP contribution in [0.1, 0.15) is 37.7 Å². The second kappa shape index (κ2) is 9.00. The van der Waals surface area contributed by atoms with Crippen LogP contribution in [0.5, 0.6) is 0 Å². The van der Waals surface area contributed by atoms with Crippen molar-refractivity contribution in [3.8, 4) is 0 Å². The molecule has 2 aromatic carbocycles. The average Bonchev–Trinajstić information content (AvgIpc) is 2.68. The summed E-state index contributed by atoms with van der Waals surface area (Å²) in [5.41, 5.74) is 1.49. The van der Waals surface area contributed by atoms with E-state index in [2.05, 4.69) is 20.6 Å². The highest BCUT2D eigenvalue weighted by molar-refractivity contribution is 5.90. The lowest BCUT2D eigenvalue weighted by molar-refractivity contribution is 0.462. The first-order valence-corrected chi connectivity index (χ1v) is 9.30. The van der Waals surface area contributed by atoms with Crippen molar-refractivity contribution in [2.24, 2.45) is 0 Å². The lowest BCUT2D eigenvalue weighted by atomic mass is 9.95. The van der Waals surface area contributed by atoms with Crippen LogP contribution < -0.4 is 10.6 Å². The lowest BCUT2D eigenvalue weighted by Crippen LogP contribution is -2.23. The first kappa shape index (κ1) is 19.4. The molecule has 1 heterocycles. The minimum Gasteiger partial charge on any atom is -0.367 e. The van der Waals surface area contributed by atoms with E-state index in [0.29, 0.717) is 24.1 Å². The van der Waals surface area contributed by atoms with Gasteiger partial charge in [-0.25, -0.2) is 9.37 Å². The summed E-state index contributed by atoms with van der Waals surface area (Å²) in [6.45, 7) is 0.355. The Kier molecular flexibility index (Phi) is 6.45. The first-order valence-electron chi connectivity index (χ1n) is 9.30. The van der Waals surface area contributed by atoms with Crippen LogP contribution in [0, 0.1) is 5.82 Å². The quantitative estimate of drug-likeness (QED) is 0.603. The molecule has 0 radical (unpaired) electrons. The highest BCUT2D eigenvalue weighted by atomic mass is 35.5. The smallest absolute Gasteiger partial charge is 0.225 e. The third-order valence-corrected chi connectivity index (χ3v) is 4.94. The number of para-hydroxylation sites is 1. The minimum atomic E-state index is -0.221. The van der Waals surface area contributed by atoms with Crippen LogP contribution in [0.25, 0.3) is 10.9 Å². The molecule has 1 fully saturated rings. The van der Waals surface area contributed by atoms with Gasteiger partial charge in [0.15, 0.2) is 0 Å². The van der Waals surface area contributed by atoms with Gasteiger partial charge >= 0.3 is 0 Å². The van der Waals surface area contributed by atoms with Crippen molar-refractivity contribution < 1.29 is 4.39 Å². The molecule has 0 bridgehead atoms. The number of benzene rings is 2. The molecule has 2 N–H and O–H groups in total. The van der Waals surface area contributed by atoms with Crippen molar-refractivity contribution in [3.63, 3.8) is 0 Å². The Labute approximate surface area is 165 Å². The summed E-state index contributed by atoms with van der Waals surface area (Å²) in [7, 11) is 0. The van der Waals surface area contributed by atoms with Crippen LogP contribution in [0.15, 0.2) is 48.5 Å². The number of rotatable bonds is 5. The van der Waals surface area contributed by atoms with Gasteiger partial charge in [0.1, 0.15) is 11.6 Å². The van der Waals surface area contributed by atoms with Gasteiger partial charge in [-0.1, -0.05) is 49.6 Å². The standard InChI is InChI=1S/C21H23FN4.ClH/c22-18-12-6-4-8-15(18)14-23-21-25-19-13-7-5-11-17(19)20(26-21)24-16-9-2-1-3-10-16;/h4-8,11-13,16H,1-3,9-10,14H2,(H2,23,24,25,26);1H. The second-order valence-corrected chi connectivity index (χ2v) is 6.84. The van der Waals surface area contributed by atoms with E-state index in [1.54, 1.807) is 12.1 Å². The molecular weight excluding hydrogens is 363 g/mol. The SMILES string of the molecule is Cl.Fc1ccccc1CNc1nc(NC2CCCCC2)c2ccccc2n1. The maximum absolute atomic E-state index is 13.8. The van der Waals surface area contributed by atoms with Gasteiger partial charge in [-0.15, -0.1) is 12.4 Å². The molecule has 4 nitrogen and oxygen atoms in total. The van der Waals surface area contributed by atoms with Gasteiger partial charge in [0, 0.05) is 23.5 Å². The Bertz CT molecular complexity index is 896. The van der Waals surface area contributed by atoms with Crippen molar-refractivity contribution in [1.29, 1.82) is 0 Å². The topological polar surface area (TPSA) is 49.8 Å². The highest BCUT2D eigenvalue weighted by Crippen LogP contribution is 2.26. The zero-order valence-electron chi connectivity index (χ0n) is 15.1. The Morgan fingerprint density at radius 2 is 1.67 bits per heavy atom. The van der Waals surface area contributed by atoms with Crippen molar-refractivity contribution >= 4 is 35.1 Å². The summed E-state index contributed by atoms with van der Waals surface area (Å²) >= 11 is 0. The maximum atomic E-state index is 13.8. The van der Waals surface area contributed by atoms with Crippen LogP contribution >= 0.6 is 12.4 Å². The number of hydrogen-bond donors (Lipinski definition) is 2. The number of nitrogens with one attached hydrogen (secondary N) is 2. The van der Waals surface area contributed by atoms with Gasteiger partial charge in [0.2, 0.25) is 5.95 Å². The fourth-order valence-corrected chi connectivity index (χ4v) is 3.52. The van der Waals surface area contributed by atoms with E-state index < -0.39 is 0 Å². The van der Waals surface area contributed by atoms with E-state index in [0.717, 1.165) is 16.7 Å². The molecule has 0 aliphatic heterocycles. The maximum Gasteiger partial charge on any atom is 0.225 e. The zero-order chi connectivity index (χ0) is 17.8. The van der Waals surface area contributed by atoms with E-state index in [-0.39, 0.29) is 18.2 Å². The zero-order valence-corrected chi connectivity index (χ0v) is 15.9. The van der Waals surface area contributed by atoms with Crippen LogP contribution in [-0.4, -0.2) is 16.0 Å². The normalized spacial score (nSPS) is 14.6. The van der Waals surface area contributed by atoms with Gasteiger partial charge in [-0.2, -0.15) is 4.98 Å². The van der Waals surface area contributed by atoms with Crippen molar-refractivity contribution in [2.75, 3.05) is 10.6 Å². The van der Waals surface area contributed by atoms with Crippen molar-refractivity contribution in [2.45, 2.75) is 44.7 Å². The Hall–Kier alpha value is -2.40. The van der Waals surface area contributed by atoms with E-state index in [1.165, 1.54) is 38.2 Å². The molecule has 1 saturated carbocycles. The van der Waals surface area contributed by atoms with Crippen LogP contribution in [0.2, 0.25) is 0 Å². The Morgan fingerprint density at radius 3 is 2.48 bits per heavy atom. The Balaban J connectivity index is 0.00000210. The molecule has 0 spiro atoms. The molecule has 1 aliphatic carbocycles. The van der Waals surface area contributed by atoms with Crippen molar-refractivity contribution in [1.82, 2.24) is 9.97 Å². The summed E-state index contributed by atoms with van der Waals surface area (Å²) in [5.74, 6) is 1.16. The molecule has 0 atom stereocenters. The van der Waals surface area contributed by atoms with Gasteiger partial charge in [0.05, 0.1) is 5.52 Å². The summed E-state index contributed by atoms with van der Waals surface area (Å²) in [4.78, 5) is 9.27. The molecule has 3 aromatic rings. The number of nitrogens with zero attached hydrogens (tertiary/aromatic N) is 2. The van der Waals surface area contributed by atoms with Crippen LogP contribution in [-0.2, 0) is 6.54 Å². The van der Waals surface area contributed by atoms with E-state index >= 15 is 0 Å². The monoisotopic (exact) mass is 386 g/mol. The summed E-state index contributed by atoms with van der Waals surface area (Å²) in [5, 5.41) is 7.80. The second-order valence-electron chi connectivity index (χ2n) is 6.84. The number of aromatic nitrogens is 2. The first-order chi connectivity index (χ1) is 12.8. The highest BCUT2D eigenvalue weighted by Gasteiger charge is 2.16. The summed E-state index contributed by atoms with van der Waals surface area (Å²) < 4.78 is 13.8. The third kappa shape index (κ3) is 4.66. The van der Waals surface area contributed by atoms with Crippen LogP contribution in [0.3, 0.4) is 0 Å². The molecule has 1 aromatic heterocycles. The van der Waals surface area contributed by atoms with E-state index in [4.69, 9.17) is 0 Å². The molecule has 0 saturated heterocycles. The molecule has 1 aliphatic rings. The van der Waals surface area contributed by atoms with E-state index in [9.17, 15) is 4.39 Å². The molecule has 4 rings (SSSR count). The van der Waals surface area contributed by atoms with Crippen LogP contribution in [0.4, 0.5) is 16.2 Å². The minimum absolute atomic E-state index is 0. The molecule has 0 unspecified atom stereocenters. The van der Waals surface area contributed by atoms with Crippen molar-refractivity contribution in [3.05, 3.63) is 59.9 Å².